The lowest BCUT2D eigenvalue weighted by molar-refractivity contribution is 0.0744. The highest BCUT2D eigenvalue weighted by molar-refractivity contribution is 6.30. The predicted molar refractivity (Wildman–Crippen MR) is 123 cm³/mol. The van der Waals surface area contributed by atoms with Gasteiger partial charge in [-0.05, 0) is 48.0 Å². The van der Waals surface area contributed by atoms with Crippen molar-refractivity contribution in [2.75, 3.05) is 20.2 Å². The van der Waals surface area contributed by atoms with E-state index in [0.717, 1.165) is 36.0 Å². The van der Waals surface area contributed by atoms with E-state index in [4.69, 9.17) is 16.3 Å². The molecule has 0 aliphatic carbocycles. The maximum atomic E-state index is 10.3. The molecule has 3 aromatic carbocycles. The number of benzene rings is 3. The third-order valence-electron chi connectivity index (χ3n) is 4.73. The zero-order chi connectivity index (χ0) is 21.2. The van der Waals surface area contributed by atoms with E-state index < -0.39 is 6.10 Å². The highest BCUT2D eigenvalue weighted by Crippen LogP contribution is 2.14. The minimum Gasteiger partial charge on any atom is -0.491 e. The number of rotatable bonds is 11. The average Bonchev–Trinajstić information content (AvgIpc) is 2.74. The Bertz CT molecular complexity index is 887. The normalized spacial score (nSPS) is 12.1. The Balaban J connectivity index is 1.36. The minimum atomic E-state index is -0.544. The first-order valence-electron chi connectivity index (χ1n) is 10.2. The van der Waals surface area contributed by atoms with Gasteiger partial charge in [-0.1, -0.05) is 66.2 Å². The third-order valence-corrected chi connectivity index (χ3v) is 4.97. The highest BCUT2D eigenvalue weighted by Gasteiger charge is 2.10. The van der Waals surface area contributed by atoms with Crippen molar-refractivity contribution in [1.82, 2.24) is 10.2 Å². The van der Waals surface area contributed by atoms with Crippen molar-refractivity contribution >= 4 is 11.6 Å². The number of ether oxygens (including phenoxy) is 1. The molecule has 0 amide bonds. The highest BCUT2D eigenvalue weighted by atomic mass is 35.5. The minimum absolute atomic E-state index is 0.269. The molecule has 0 heterocycles. The molecule has 2 N–H and O–H groups in total. The van der Waals surface area contributed by atoms with Gasteiger partial charge >= 0.3 is 0 Å². The molecule has 158 valence electrons. The second-order valence-electron chi connectivity index (χ2n) is 7.52. The Morgan fingerprint density at radius 2 is 1.60 bits per heavy atom. The van der Waals surface area contributed by atoms with Crippen molar-refractivity contribution in [3.63, 3.8) is 0 Å². The fraction of sp³-hybridized carbons (Fsp3) is 0.280. The van der Waals surface area contributed by atoms with Crippen molar-refractivity contribution in [2.45, 2.75) is 25.7 Å². The van der Waals surface area contributed by atoms with Crippen LogP contribution in [0.15, 0.2) is 78.9 Å². The summed E-state index contributed by atoms with van der Waals surface area (Å²) in [7, 11) is 2.00. The molecular weight excluding hydrogens is 396 g/mol. The molecular formula is C25H29ClN2O2. The van der Waals surface area contributed by atoms with Gasteiger partial charge in [-0.15, -0.1) is 0 Å². The van der Waals surface area contributed by atoms with Crippen molar-refractivity contribution < 1.29 is 9.84 Å². The van der Waals surface area contributed by atoms with E-state index in [1.165, 1.54) is 11.1 Å². The molecule has 0 aromatic heterocycles. The van der Waals surface area contributed by atoms with Crippen LogP contribution in [0.3, 0.4) is 0 Å². The van der Waals surface area contributed by atoms with Crippen molar-refractivity contribution in [1.29, 1.82) is 0 Å². The molecule has 5 heteroatoms. The van der Waals surface area contributed by atoms with Crippen LogP contribution in [-0.4, -0.2) is 36.3 Å². The molecule has 0 spiro atoms. The summed E-state index contributed by atoms with van der Waals surface area (Å²) in [4.78, 5) is 2.10. The average molecular weight is 425 g/mol. The van der Waals surface area contributed by atoms with Crippen LogP contribution in [0.5, 0.6) is 5.75 Å². The number of hydrogen-bond donors (Lipinski definition) is 2. The standard InChI is InChI=1S/C25H29ClN2O2/c1-28(17-21-6-3-2-4-7-21)18-24(29)19-30-25-12-10-20(11-13-25)15-27-16-22-8-5-9-23(26)14-22/h2-14,24,27,29H,15-19H2,1H3/t24-/m1/s1. The van der Waals surface area contributed by atoms with E-state index in [2.05, 4.69) is 28.4 Å². The molecule has 30 heavy (non-hydrogen) atoms. The molecule has 3 aromatic rings. The number of nitrogens with zero attached hydrogens (tertiary/aromatic N) is 1. The van der Waals surface area contributed by atoms with Gasteiger partial charge in [0.1, 0.15) is 18.5 Å². The molecule has 0 saturated carbocycles. The first-order chi connectivity index (χ1) is 14.6. The van der Waals surface area contributed by atoms with Crippen molar-refractivity contribution in [2.24, 2.45) is 0 Å². The van der Waals surface area contributed by atoms with Crippen LogP contribution in [0, 0.1) is 0 Å². The third kappa shape index (κ3) is 7.81. The molecule has 4 nitrogen and oxygen atoms in total. The van der Waals surface area contributed by atoms with Gasteiger partial charge in [0.05, 0.1) is 0 Å². The van der Waals surface area contributed by atoms with Gasteiger partial charge in [-0.2, -0.15) is 0 Å². The zero-order valence-corrected chi connectivity index (χ0v) is 18.1. The first kappa shape index (κ1) is 22.3. The van der Waals surface area contributed by atoms with E-state index in [0.29, 0.717) is 6.54 Å². The number of aliphatic hydroxyl groups excluding tert-OH is 1. The SMILES string of the molecule is CN(Cc1ccccc1)C[C@@H](O)COc1ccc(CNCc2cccc(Cl)c2)cc1. The summed E-state index contributed by atoms with van der Waals surface area (Å²) < 4.78 is 5.75. The summed E-state index contributed by atoms with van der Waals surface area (Å²) in [5, 5.41) is 14.4. The van der Waals surface area contributed by atoms with Crippen LogP contribution in [0.2, 0.25) is 5.02 Å². The Morgan fingerprint density at radius 3 is 2.33 bits per heavy atom. The van der Waals surface area contributed by atoms with E-state index in [1.54, 1.807) is 0 Å². The topological polar surface area (TPSA) is 44.7 Å². The van der Waals surface area contributed by atoms with E-state index in [1.807, 2.05) is 67.7 Å². The van der Waals surface area contributed by atoms with Crippen LogP contribution >= 0.6 is 11.6 Å². The fourth-order valence-corrected chi connectivity index (χ4v) is 3.48. The van der Waals surface area contributed by atoms with Crippen LogP contribution in [0.1, 0.15) is 16.7 Å². The lowest BCUT2D eigenvalue weighted by Gasteiger charge is -2.21. The van der Waals surface area contributed by atoms with E-state index >= 15 is 0 Å². The molecule has 0 aliphatic heterocycles. The van der Waals surface area contributed by atoms with E-state index in [9.17, 15) is 5.11 Å². The molecule has 1 atom stereocenters. The second-order valence-corrected chi connectivity index (χ2v) is 7.96. The summed E-state index contributed by atoms with van der Waals surface area (Å²) in [6.07, 6.45) is -0.544. The molecule has 3 rings (SSSR count). The molecule has 0 saturated heterocycles. The second kappa shape index (κ2) is 11.7. The predicted octanol–water partition coefficient (Wildman–Crippen LogP) is 4.50. The maximum Gasteiger partial charge on any atom is 0.119 e. The largest absolute Gasteiger partial charge is 0.491 e. The summed E-state index contributed by atoms with van der Waals surface area (Å²) >= 11 is 6.01. The summed E-state index contributed by atoms with van der Waals surface area (Å²) in [5.74, 6) is 0.762. The number of aliphatic hydroxyl groups is 1. The lowest BCUT2D eigenvalue weighted by Crippen LogP contribution is -2.32. The van der Waals surface area contributed by atoms with E-state index in [-0.39, 0.29) is 6.61 Å². The maximum absolute atomic E-state index is 10.3. The van der Waals surface area contributed by atoms with Gasteiger partial charge in [0.2, 0.25) is 0 Å². The molecule has 0 radical (unpaired) electrons. The molecule has 0 aliphatic rings. The number of hydrogen-bond acceptors (Lipinski definition) is 4. The first-order valence-corrected chi connectivity index (χ1v) is 10.5. The molecule has 0 unspecified atom stereocenters. The summed E-state index contributed by atoms with van der Waals surface area (Å²) in [6.45, 7) is 3.15. The van der Waals surface area contributed by atoms with Gasteiger partial charge < -0.3 is 15.2 Å². The van der Waals surface area contributed by atoms with Crippen molar-refractivity contribution in [3.8, 4) is 5.75 Å². The number of halogens is 1. The van der Waals surface area contributed by atoms with Gasteiger partial charge in [-0.3, -0.25) is 4.90 Å². The lowest BCUT2D eigenvalue weighted by atomic mass is 10.2. The summed E-state index contributed by atoms with van der Waals surface area (Å²) in [6, 6.07) is 26.0. The number of nitrogens with one attached hydrogen (secondary N) is 1. The van der Waals surface area contributed by atoms with Gasteiger partial charge in [0.25, 0.3) is 0 Å². The quantitative estimate of drug-likeness (QED) is 0.475. The van der Waals surface area contributed by atoms with Crippen LogP contribution < -0.4 is 10.1 Å². The van der Waals surface area contributed by atoms with Crippen LogP contribution in [-0.2, 0) is 19.6 Å². The summed E-state index contributed by atoms with van der Waals surface area (Å²) in [5.41, 5.74) is 3.56. The smallest absolute Gasteiger partial charge is 0.119 e. The van der Waals surface area contributed by atoms with Gasteiger partial charge in [-0.25, -0.2) is 0 Å². The Hall–Kier alpha value is -2.37. The Labute approximate surface area is 184 Å². The zero-order valence-electron chi connectivity index (χ0n) is 17.3. The Kier molecular flexibility index (Phi) is 8.72. The number of likely N-dealkylation sites (N-methyl/N-ethyl adjacent to an activating group) is 1. The van der Waals surface area contributed by atoms with Gasteiger partial charge in [0.15, 0.2) is 0 Å². The van der Waals surface area contributed by atoms with Crippen molar-refractivity contribution in [3.05, 3.63) is 101 Å². The monoisotopic (exact) mass is 424 g/mol. The fourth-order valence-electron chi connectivity index (χ4n) is 3.27. The molecule has 0 fully saturated rings. The Morgan fingerprint density at radius 1 is 0.900 bits per heavy atom. The van der Waals surface area contributed by atoms with Crippen LogP contribution in [0.4, 0.5) is 0 Å². The molecule has 0 bridgehead atoms. The van der Waals surface area contributed by atoms with Gasteiger partial charge in [0, 0.05) is 31.2 Å². The van der Waals surface area contributed by atoms with Crippen LogP contribution in [0.25, 0.3) is 0 Å².